The Kier molecular flexibility index (Phi) is 11.0. The predicted molar refractivity (Wildman–Crippen MR) is 257 cm³/mol. The van der Waals surface area contributed by atoms with Gasteiger partial charge in [-0.15, -0.1) is 0 Å². The molecule has 342 valence electrons. The standard InChI is InChI=1S/C25H28N6O2.C25H30N6O2/c1-4-30-19(11-14-6-5-9-27-23(14)30)24-28-17-10-16(12-20(33-3)22(17)29(24)2)25(32)31-13-15-7-8-18(31)21(15)26;1-5-30-20(12-16-7-6-10-27-23(16)30)24-28-19-11-17(13-21(33-4)22(19)29(24)3)25(32)31-14-18(26)9-8-15(31)2/h5-6,9-12,15,18,21H,4,7-8,13,26H2,1-3H3;6-7,10-13,15,18H,5,8-9,14,26H2,1-4H3/t15-,18-,21-;15-,18+/m10/s1. The van der Waals surface area contributed by atoms with Crippen LogP contribution in [0.15, 0.2) is 73.1 Å². The van der Waals surface area contributed by atoms with Crippen molar-refractivity contribution in [3.63, 3.8) is 0 Å². The van der Waals surface area contributed by atoms with Crippen LogP contribution < -0.4 is 20.9 Å². The van der Waals surface area contributed by atoms with Gasteiger partial charge in [-0.25, -0.2) is 19.9 Å². The molecule has 2 aliphatic heterocycles. The highest BCUT2D eigenvalue weighted by molar-refractivity contribution is 6.01. The van der Waals surface area contributed by atoms with Gasteiger partial charge in [0.25, 0.3) is 11.8 Å². The van der Waals surface area contributed by atoms with Crippen molar-refractivity contribution in [2.75, 3.05) is 27.3 Å². The summed E-state index contributed by atoms with van der Waals surface area (Å²) in [6, 6.07) is 20.0. The third-order valence-corrected chi connectivity index (χ3v) is 14.3. The number of fused-ring (bicyclic) bond motifs is 6. The molecule has 3 aliphatic rings. The number of aromatic nitrogens is 8. The molecule has 66 heavy (non-hydrogen) atoms. The molecule has 1 saturated carbocycles. The van der Waals surface area contributed by atoms with E-state index in [-0.39, 0.29) is 36.0 Å². The van der Waals surface area contributed by atoms with Crippen LogP contribution in [0.4, 0.5) is 0 Å². The highest BCUT2D eigenvalue weighted by Crippen LogP contribution is 2.40. The minimum absolute atomic E-state index is 0.0110. The first-order valence-corrected chi connectivity index (χ1v) is 23.1. The third kappa shape index (κ3) is 6.96. The van der Waals surface area contributed by atoms with Gasteiger partial charge in [-0.1, -0.05) is 0 Å². The average molecular weight is 891 g/mol. The van der Waals surface area contributed by atoms with Crippen molar-refractivity contribution in [3.05, 3.63) is 84.2 Å². The molecular formula is C50H58N12O4. The Bertz CT molecular complexity index is 2990. The minimum atomic E-state index is -0.0306. The van der Waals surface area contributed by atoms with Crippen molar-refractivity contribution in [1.29, 1.82) is 0 Å². The predicted octanol–water partition coefficient (Wildman–Crippen LogP) is 6.75. The largest absolute Gasteiger partial charge is 0.494 e. The number of imidazole rings is 2. The van der Waals surface area contributed by atoms with Crippen molar-refractivity contribution in [2.45, 2.75) is 83.7 Å². The van der Waals surface area contributed by atoms with E-state index >= 15 is 0 Å². The van der Waals surface area contributed by atoms with E-state index in [4.69, 9.17) is 30.9 Å². The number of hydrogen-bond donors (Lipinski definition) is 2. The van der Waals surface area contributed by atoms with Crippen molar-refractivity contribution in [1.82, 2.24) is 48.0 Å². The Hall–Kier alpha value is -6.78. The molecule has 5 atom stereocenters. The highest BCUT2D eigenvalue weighted by atomic mass is 16.5. The van der Waals surface area contributed by atoms with E-state index in [0.29, 0.717) is 35.1 Å². The quantitative estimate of drug-likeness (QED) is 0.166. The molecule has 8 aromatic rings. The second-order valence-electron chi connectivity index (χ2n) is 18.0. The molecule has 16 nitrogen and oxygen atoms in total. The number of aryl methyl sites for hydroxylation is 4. The van der Waals surface area contributed by atoms with Crippen LogP contribution in [0.2, 0.25) is 0 Å². The fourth-order valence-electron chi connectivity index (χ4n) is 10.9. The maximum atomic E-state index is 13.4. The number of pyridine rings is 2. The Morgan fingerprint density at radius 2 is 1.20 bits per heavy atom. The fraction of sp³-hybridized carbons (Fsp3) is 0.400. The van der Waals surface area contributed by atoms with Gasteiger partial charge >= 0.3 is 0 Å². The van der Waals surface area contributed by atoms with Crippen molar-refractivity contribution in [2.24, 2.45) is 31.5 Å². The summed E-state index contributed by atoms with van der Waals surface area (Å²) in [6.07, 6.45) is 7.57. The van der Waals surface area contributed by atoms with Gasteiger partial charge in [-0.05, 0) is 113 Å². The van der Waals surface area contributed by atoms with Crippen LogP contribution in [0.3, 0.4) is 0 Å². The summed E-state index contributed by atoms with van der Waals surface area (Å²) in [5.74, 6) is 3.28. The molecule has 2 saturated heterocycles. The van der Waals surface area contributed by atoms with Crippen molar-refractivity contribution in [3.8, 4) is 34.5 Å². The van der Waals surface area contributed by atoms with Crippen LogP contribution in [0.1, 0.15) is 67.2 Å². The van der Waals surface area contributed by atoms with Gasteiger partial charge in [0.2, 0.25) is 0 Å². The number of carbonyl (C=O) groups excluding carboxylic acids is 2. The lowest BCUT2D eigenvalue weighted by Crippen LogP contribution is -2.50. The number of benzene rings is 2. The summed E-state index contributed by atoms with van der Waals surface area (Å²) in [4.78, 5) is 49.7. The first-order valence-electron chi connectivity index (χ1n) is 23.1. The lowest BCUT2D eigenvalue weighted by atomic mass is 9.99. The zero-order chi connectivity index (χ0) is 46.1. The highest BCUT2D eigenvalue weighted by Gasteiger charge is 2.47. The summed E-state index contributed by atoms with van der Waals surface area (Å²) in [5.41, 5.74) is 20.7. The van der Waals surface area contributed by atoms with Crippen LogP contribution in [0.25, 0.3) is 67.2 Å². The first-order chi connectivity index (χ1) is 31.9. The lowest BCUT2D eigenvalue weighted by Gasteiger charge is -2.36. The number of piperidine rings is 2. The van der Waals surface area contributed by atoms with E-state index in [0.717, 1.165) is 112 Å². The minimum Gasteiger partial charge on any atom is -0.494 e. The molecule has 4 N–H and O–H groups in total. The Morgan fingerprint density at radius 1 is 0.682 bits per heavy atom. The maximum Gasteiger partial charge on any atom is 0.254 e. The van der Waals surface area contributed by atoms with Gasteiger partial charge in [0.05, 0.1) is 36.6 Å². The average Bonchev–Trinajstić information content (AvgIpc) is 4.19. The van der Waals surface area contributed by atoms with E-state index in [9.17, 15) is 9.59 Å². The Labute approximate surface area is 383 Å². The normalized spacial score (nSPS) is 20.5. The maximum absolute atomic E-state index is 13.4. The second-order valence-corrected chi connectivity index (χ2v) is 18.0. The molecule has 0 spiro atoms. The first kappa shape index (κ1) is 43.1. The SMILES string of the molecule is CCn1c(-c2nc3cc(C(=O)N4C[C@H](N)CC[C@@H]4C)cc(OC)c3n2C)cc2cccnc21.CCn1c(-c2nc3cc(C(=O)N4C[C@H]5CC[C@@H]4[C@@H]5N)cc(OC)c3n2C)cc2cccnc21. The van der Waals surface area contributed by atoms with Crippen LogP contribution in [-0.4, -0.2) is 111 Å². The number of ether oxygens (including phenoxy) is 2. The van der Waals surface area contributed by atoms with E-state index in [1.165, 1.54) is 0 Å². The van der Waals surface area contributed by atoms with E-state index in [2.05, 4.69) is 64.1 Å². The monoisotopic (exact) mass is 890 g/mol. The van der Waals surface area contributed by atoms with Gasteiger partial charge in [-0.3, -0.25) is 9.59 Å². The molecule has 11 rings (SSSR count). The number of amides is 2. The lowest BCUT2D eigenvalue weighted by molar-refractivity contribution is 0.0612. The van der Waals surface area contributed by atoms with Crippen molar-refractivity contribution >= 4 is 55.9 Å². The number of hydrogen-bond acceptors (Lipinski definition) is 10. The molecule has 16 heteroatoms. The number of carbonyl (C=O) groups is 2. The van der Waals surface area contributed by atoms with Gasteiger partial charge in [0.1, 0.15) is 33.8 Å². The van der Waals surface area contributed by atoms with E-state index in [1.807, 2.05) is 81.8 Å². The summed E-state index contributed by atoms with van der Waals surface area (Å²) >= 11 is 0. The summed E-state index contributed by atoms with van der Waals surface area (Å²) in [6.45, 7) is 9.13. The topological polar surface area (TPSA) is 182 Å². The van der Waals surface area contributed by atoms with Crippen molar-refractivity contribution < 1.29 is 19.1 Å². The Balaban J connectivity index is 0.000000155. The van der Waals surface area contributed by atoms with E-state index in [1.54, 1.807) is 14.2 Å². The molecule has 0 unspecified atom stereocenters. The van der Waals surface area contributed by atoms with Gasteiger partial charge in [0, 0.05) is 98.7 Å². The molecule has 6 aromatic heterocycles. The van der Waals surface area contributed by atoms with Gasteiger partial charge in [0.15, 0.2) is 11.6 Å². The van der Waals surface area contributed by atoms with Crippen LogP contribution in [0, 0.1) is 5.92 Å². The van der Waals surface area contributed by atoms with Gasteiger partial charge < -0.3 is 49.0 Å². The molecule has 2 bridgehead atoms. The summed E-state index contributed by atoms with van der Waals surface area (Å²) in [5, 5.41) is 2.14. The molecule has 3 fully saturated rings. The van der Waals surface area contributed by atoms with Gasteiger partial charge in [-0.2, -0.15) is 0 Å². The van der Waals surface area contributed by atoms with Crippen LogP contribution in [0.5, 0.6) is 11.5 Å². The van der Waals surface area contributed by atoms with Crippen LogP contribution >= 0.6 is 0 Å². The second kappa shape index (κ2) is 16.9. The summed E-state index contributed by atoms with van der Waals surface area (Å²) in [7, 11) is 7.22. The Morgan fingerprint density at radius 3 is 1.65 bits per heavy atom. The number of likely N-dealkylation sites (tertiary alicyclic amines) is 2. The fourth-order valence-corrected chi connectivity index (χ4v) is 10.9. The third-order valence-electron chi connectivity index (χ3n) is 14.3. The number of nitrogens with two attached hydrogens (primary N) is 2. The number of rotatable bonds is 8. The molecule has 2 amide bonds. The molecule has 0 radical (unpaired) electrons. The number of methoxy groups -OCH3 is 2. The molecular weight excluding hydrogens is 833 g/mol. The molecule has 2 aromatic carbocycles. The zero-order valence-electron chi connectivity index (χ0n) is 38.7. The smallest absolute Gasteiger partial charge is 0.254 e. The molecule has 1 aliphatic carbocycles. The zero-order valence-corrected chi connectivity index (χ0v) is 38.7. The number of nitrogens with zero attached hydrogens (tertiary/aromatic N) is 10. The van der Waals surface area contributed by atoms with Crippen LogP contribution in [-0.2, 0) is 27.2 Å². The summed E-state index contributed by atoms with van der Waals surface area (Å²) < 4.78 is 19.8. The molecule has 8 heterocycles. The van der Waals surface area contributed by atoms with E-state index < -0.39 is 0 Å².